The van der Waals surface area contributed by atoms with E-state index in [4.69, 9.17) is 10.1 Å². The Morgan fingerprint density at radius 2 is 1.58 bits per heavy atom. The molecule has 10 rings (SSSR count). The molecular formula is C49H49N11O4. The number of benzene rings is 3. The van der Waals surface area contributed by atoms with Crippen molar-refractivity contribution in [3.05, 3.63) is 137 Å². The van der Waals surface area contributed by atoms with Crippen LogP contribution in [0.3, 0.4) is 0 Å². The summed E-state index contributed by atoms with van der Waals surface area (Å²) in [7, 11) is 3.57. The highest BCUT2D eigenvalue weighted by Gasteiger charge is 2.34. The van der Waals surface area contributed by atoms with Crippen LogP contribution in [-0.2, 0) is 36.6 Å². The molecule has 15 nitrogen and oxygen atoms in total. The van der Waals surface area contributed by atoms with E-state index in [9.17, 15) is 19.2 Å². The number of piperidine rings is 2. The maximum Gasteiger partial charge on any atom is 0.350 e. The van der Waals surface area contributed by atoms with Gasteiger partial charge in [0, 0.05) is 63.5 Å². The second-order valence-corrected chi connectivity index (χ2v) is 16.9. The Morgan fingerprint density at radius 1 is 0.766 bits per heavy atom. The Morgan fingerprint density at radius 3 is 2.31 bits per heavy atom. The first-order valence-electron chi connectivity index (χ1n) is 22.0. The van der Waals surface area contributed by atoms with Gasteiger partial charge in [-0.15, -0.1) is 0 Å². The summed E-state index contributed by atoms with van der Waals surface area (Å²) in [5.41, 5.74) is 10.3. The molecule has 4 amide bonds. The Kier molecular flexibility index (Phi) is 10.7. The van der Waals surface area contributed by atoms with Gasteiger partial charge in [-0.3, -0.25) is 39.3 Å². The lowest BCUT2D eigenvalue weighted by molar-refractivity contribution is -0.134. The number of likely N-dealkylation sites (tertiary alicyclic amines) is 1. The molecule has 4 aromatic heterocycles. The average Bonchev–Trinajstić information content (AvgIpc) is 3.99. The number of para-hydroxylation sites is 1. The van der Waals surface area contributed by atoms with Gasteiger partial charge in [0.2, 0.25) is 11.8 Å². The van der Waals surface area contributed by atoms with E-state index < -0.39 is 5.92 Å². The van der Waals surface area contributed by atoms with E-state index in [1.807, 2.05) is 54.2 Å². The largest absolute Gasteiger partial charge is 0.350 e. The van der Waals surface area contributed by atoms with Crippen LogP contribution < -0.4 is 20.8 Å². The van der Waals surface area contributed by atoms with E-state index in [0.717, 1.165) is 82.6 Å². The lowest BCUT2D eigenvalue weighted by Crippen LogP contribution is -2.39. The van der Waals surface area contributed by atoms with Crippen LogP contribution in [0.2, 0.25) is 0 Å². The van der Waals surface area contributed by atoms with Crippen molar-refractivity contribution < 1.29 is 14.4 Å². The van der Waals surface area contributed by atoms with Crippen LogP contribution in [0.4, 0.5) is 16.3 Å². The summed E-state index contributed by atoms with van der Waals surface area (Å²) in [5.74, 6) is 0.109. The molecule has 3 fully saturated rings. The van der Waals surface area contributed by atoms with Crippen molar-refractivity contribution in [1.29, 1.82) is 0 Å². The number of pyridine rings is 2. The van der Waals surface area contributed by atoms with Gasteiger partial charge in [0.1, 0.15) is 12.1 Å². The molecular weight excluding hydrogens is 807 g/mol. The zero-order valence-corrected chi connectivity index (χ0v) is 36.1. The number of nitrogens with zero attached hydrogens (tertiary/aromatic N) is 10. The maximum atomic E-state index is 13.9. The van der Waals surface area contributed by atoms with E-state index in [-0.39, 0.29) is 23.5 Å². The highest BCUT2D eigenvalue weighted by atomic mass is 16.2. The van der Waals surface area contributed by atoms with Gasteiger partial charge in [-0.25, -0.2) is 23.8 Å². The molecule has 15 heteroatoms. The molecule has 7 aromatic rings. The second-order valence-electron chi connectivity index (χ2n) is 16.9. The van der Waals surface area contributed by atoms with Gasteiger partial charge in [0.05, 0.1) is 34.7 Å². The zero-order chi connectivity index (χ0) is 44.1. The zero-order valence-electron chi connectivity index (χ0n) is 36.1. The Hall–Kier alpha value is -7.26. The van der Waals surface area contributed by atoms with Crippen molar-refractivity contribution in [3.63, 3.8) is 0 Å². The van der Waals surface area contributed by atoms with Gasteiger partial charge in [-0.1, -0.05) is 55.5 Å². The second kappa shape index (κ2) is 16.8. The molecule has 3 aliphatic heterocycles. The number of aromatic nitrogens is 7. The van der Waals surface area contributed by atoms with Crippen LogP contribution in [0.15, 0.2) is 109 Å². The quantitative estimate of drug-likeness (QED) is 0.152. The number of carbonyl (C=O) groups is 3. The molecule has 0 aliphatic carbocycles. The molecule has 1 atom stereocenters. The molecule has 3 aromatic carbocycles. The minimum atomic E-state index is -0.435. The number of urea groups is 1. The van der Waals surface area contributed by atoms with Crippen LogP contribution in [0.5, 0.6) is 0 Å². The number of aryl methyl sites for hydroxylation is 2. The van der Waals surface area contributed by atoms with Crippen LogP contribution in [0.1, 0.15) is 66.8 Å². The van der Waals surface area contributed by atoms with Gasteiger partial charge >= 0.3 is 11.7 Å². The summed E-state index contributed by atoms with van der Waals surface area (Å²) in [6.45, 7) is 5.78. The van der Waals surface area contributed by atoms with Crippen LogP contribution >= 0.6 is 0 Å². The molecule has 0 saturated carbocycles. The highest BCUT2D eigenvalue weighted by Crippen LogP contribution is 2.40. The summed E-state index contributed by atoms with van der Waals surface area (Å²) < 4.78 is 4.76. The number of nitrogens with one attached hydrogen (secondary N) is 1. The molecule has 0 radical (unpaired) electrons. The Balaban J connectivity index is 0.905. The standard InChI is InChI=1S/C49H49N11O4/c1-4-37-39(18-22-51-46(37)59-26-25-58(49(59)64)36-8-6-21-50-28-36)38-15-14-35(60-30-52-56(3)48(60)63)27-42(38)33-12-10-31(11-13-33)32-19-23-57(24-20-32)29-34-7-5-9-40-44(54-55(2)45(34)40)41-16-17-43(61)53-47(41)62/h5-15,18,21-22,27-28,30,32,41H,4,16-17,19-20,23-26,29H2,1-3H3,(H,53,61,62). The molecule has 1 N–H and O–H groups in total. The molecule has 3 aliphatic rings. The monoisotopic (exact) mass is 855 g/mol. The average molecular weight is 856 g/mol. The third kappa shape index (κ3) is 7.34. The molecule has 64 heavy (non-hydrogen) atoms. The first kappa shape index (κ1) is 40.8. The molecule has 7 heterocycles. The highest BCUT2D eigenvalue weighted by molar-refractivity contribution is 6.06. The predicted octanol–water partition coefficient (Wildman–Crippen LogP) is 6.49. The van der Waals surface area contributed by atoms with Crippen molar-refractivity contribution in [2.24, 2.45) is 14.1 Å². The number of carbonyl (C=O) groups excluding carboxylic acids is 3. The van der Waals surface area contributed by atoms with Crippen molar-refractivity contribution >= 4 is 40.3 Å². The molecule has 324 valence electrons. The number of fused-ring (bicyclic) bond motifs is 1. The van der Waals surface area contributed by atoms with E-state index in [1.54, 1.807) is 46.3 Å². The van der Waals surface area contributed by atoms with Gasteiger partial charge in [-0.05, 0) is 108 Å². The molecule has 0 spiro atoms. The number of imide groups is 1. The number of amides is 4. The normalized spacial score (nSPS) is 17.5. The molecule has 0 bridgehead atoms. The fourth-order valence-corrected chi connectivity index (χ4v) is 9.90. The van der Waals surface area contributed by atoms with E-state index in [1.165, 1.54) is 15.8 Å². The SMILES string of the molecule is CCc1c(-c2ccc(-n3cnn(C)c3=O)cc2-c2ccc(C3CCN(Cc4cccc5c(C6CCC(=O)NC6=O)nn(C)c45)CC3)cc2)ccnc1N1CCN(c2cccnc2)C1=O. The first-order chi connectivity index (χ1) is 31.2. The topological polar surface area (TPSA) is 156 Å². The lowest BCUT2D eigenvalue weighted by Gasteiger charge is -2.32. The first-order valence-corrected chi connectivity index (χ1v) is 22.0. The molecule has 1 unspecified atom stereocenters. The smallest absolute Gasteiger partial charge is 0.299 e. The predicted molar refractivity (Wildman–Crippen MR) is 244 cm³/mol. The Labute approximate surface area is 370 Å². The van der Waals surface area contributed by atoms with Crippen LogP contribution in [0.25, 0.3) is 38.8 Å². The number of hydrogen-bond acceptors (Lipinski definition) is 9. The summed E-state index contributed by atoms with van der Waals surface area (Å²) in [5, 5.41) is 12.5. The molecule has 3 saturated heterocycles. The van der Waals surface area contributed by atoms with E-state index >= 15 is 0 Å². The number of rotatable bonds is 10. The minimum Gasteiger partial charge on any atom is -0.299 e. The minimum absolute atomic E-state index is 0.133. The van der Waals surface area contributed by atoms with Crippen LogP contribution in [0, 0.1) is 0 Å². The third-order valence-electron chi connectivity index (χ3n) is 13.2. The van der Waals surface area contributed by atoms with E-state index in [2.05, 4.69) is 63.6 Å². The van der Waals surface area contributed by atoms with Gasteiger partial charge < -0.3 is 0 Å². The fraction of sp³-hybridized carbons (Fsp3) is 0.306. The summed E-state index contributed by atoms with van der Waals surface area (Å²) in [6, 6.07) is 26.7. The summed E-state index contributed by atoms with van der Waals surface area (Å²) in [4.78, 5) is 66.6. The van der Waals surface area contributed by atoms with Gasteiger partial charge in [-0.2, -0.15) is 10.2 Å². The van der Waals surface area contributed by atoms with Crippen molar-refractivity contribution in [2.75, 3.05) is 36.0 Å². The van der Waals surface area contributed by atoms with Crippen LogP contribution in [-0.4, -0.2) is 83.0 Å². The Bertz CT molecular complexity index is 2980. The van der Waals surface area contributed by atoms with Gasteiger partial charge in [0.15, 0.2) is 0 Å². The number of hydrogen-bond donors (Lipinski definition) is 1. The third-order valence-corrected chi connectivity index (χ3v) is 13.2. The fourth-order valence-electron chi connectivity index (χ4n) is 9.90. The van der Waals surface area contributed by atoms with Gasteiger partial charge in [0.25, 0.3) is 0 Å². The number of anilines is 2. The van der Waals surface area contributed by atoms with Crippen molar-refractivity contribution in [1.82, 2.24) is 44.3 Å². The lowest BCUT2D eigenvalue weighted by atomic mass is 9.87. The van der Waals surface area contributed by atoms with E-state index in [0.29, 0.717) is 49.8 Å². The summed E-state index contributed by atoms with van der Waals surface area (Å²) >= 11 is 0. The van der Waals surface area contributed by atoms with Crippen molar-refractivity contribution in [3.8, 4) is 27.9 Å². The maximum absolute atomic E-state index is 13.9. The van der Waals surface area contributed by atoms with Crippen molar-refractivity contribution in [2.45, 2.75) is 57.4 Å². The summed E-state index contributed by atoms with van der Waals surface area (Å²) in [6.07, 6.45) is 10.2.